The summed E-state index contributed by atoms with van der Waals surface area (Å²) >= 11 is 1.85. The van der Waals surface area contributed by atoms with Gasteiger partial charge in [-0.2, -0.15) is 11.8 Å². The Morgan fingerprint density at radius 2 is 2.00 bits per heavy atom. The molecule has 1 amide bonds. The maximum Gasteiger partial charge on any atom is 0.230 e. The van der Waals surface area contributed by atoms with E-state index in [4.69, 9.17) is 5.73 Å². The van der Waals surface area contributed by atoms with Crippen molar-refractivity contribution in [3.63, 3.8) is 0 Å². The molecule has 1 aliphatic carbocycles. The number of nitrogens with one attached hydrogen (secondary N) is 1. The van der Waals surface area contributed by atoms with Crippen molar-refractivity contribution in [3.8, 4) is 0 Å². The zero-order chi connectivity index (χ0) is 13.7. The molecule has 0 aliphatic heterocycles. The molecule has 3 nitrogen and oxygen atoms in total. The number of amides is 1. The zero-order valence-corrected chi connectivity index (χ0v) is 12.3. The zero-order valence-electron chi connectivity index (χ0n) is 11.4. The van der Waals surface area contributed by atoms with Crippen molar-refractivity contribution in [3.05, 3.63) is 29.8 Å². The number of anilines is 1. The van der Waals surface area contributed by atoms with Gasteiger partial charge in [-0.25, -0.2) is 0 Å². The van der Waals surface area contributed by atoms with E-state index in [0.29, 0.717) is 0 Å². The summed E-state index contributed by atoms with van der Waals surface area (Å²) in [6.45, 7) is 0.788. The molecule has 0 heterocycles. The molecule has 1 aliphatic rings. The Morgan fingerprint density at radius 3 is 2.58 bits per heavy atom. The number of nitrogens with two attached hydrogens (primary N) is 1. The fraction of sp³-hybridized carbons (Fsp3) is 0.533. The Bertz CT molecular complexity index is 426. The van der Waals surface area contributed by atoms with Gasteiger partial charge >= 0.3 is 0 Å². The minimum atomic E-state index is -0.271. The van der Waals surface area contributed by atoms with Gasteiger partial charge in [0.05, 0.1) is 5.41 Å². The van der Waals surface area contributed by atoms with Crippen LogP contribution in [0, 0.1) is 0 Å². The third-order valence-corrected chi connectivity index (χ3v) is 4.41. The van der Waals surface area contributed by atoms with Crippen LogP contribution >= 0.6 is 11.8 Å². The van der Waals surface area contributed by atoms with Gasteiger partial charge in [0, 0.05) is 12.2 Å². The van der Waals surface area contributed by atoms with E-state index < -0.39 is 0 Å². The lowest BCUT2D eigenvalue weighted by atomic mass is 9.94. The highest BCUT2D eigenvalue weighted by Crippen LogP contribution is 2.48. The van der Waals surface area contributed by atoms with Crippen LogP contribution < -0.4 is 11.1 Å². The molecule has 0 bridgehead atoms. The summed E-state index contributed by atoms with van der Waals surface area (Å²) in [4.78, 5) is 12.3. The minimum Gasteiger partial charge on any atom is -0.399 e. The molecule has 1 aromatic carbocycles. The van der Waals surface area contributed by atoms with Gasteiger partial charge in [-0.15, -0.1) is 0 Å². The SMILES string of the molecule is CSCCCCNC(=O)C1(c2ccc(N)cc2)CC1. The van der Waals surface area contributed by atoms with E-state index in [1.165, 1.54) is 5.75 Å². The van der Waals surface area contributed by atoms with E-state index >= 15 is 0 Å². The van der Waals surface area contributed by atoms with Crippen molar-refractivity contribution < 1.29 is 4.79 Å². The number of thioether (sulfide) groups is 1. The molecule has 1 saturated carbocycles. The first-order valence-electron chi connectivity index (χ1n) is 6.82. The number of unbranched alkanes of at least 4 members (excludes halogenated alkanes) is 1. The van der Waals surface area contributed by atoms with Crippen molar-refractivity contribution in [1.82, 2.24) is 5.32 Å². The highest BCUT2D eigenvalue weighted by Gasteiger charge is 2.50. The predicted octanol–water partition coefficient (Wildman–Crippen LogP) is 2.56. The smallest absolute Gasteiger partial charge is 0.230 e. The number of rotatable bonds is 7. The number of carbonyl (C=O) groups excluding carboxylic acids is 1. The number of hydrogen-bond acceptors (Lipinski definition) is 3. The summed E-state index contributed by atoms with van der Waals surface area (Å²) in [5.74, 6) is 1.35. The van der Waals surface area contributed by atoms with Gasteiger partial charge in [0.1, 0.15) is 0 Å². The average Bonchev–Trinajstić information content (AvgIpc) is 3.21. The topological polar surface area (TPSA) is 55.1 Å². The van der Waals surface area contributed by atoms with Gasteiger partial charge < -0.3 is 11.1 Å². The molecule has 3 N–H and O–H groups in total. The molecule has 1 aromatic rings. The lowest BCUT2D eigenvalue weighted by Crippen LogP contribution is -2.35. The molecule has 1 fully saturated rings. The Balaban J connectivity index is 1.86. The molecule has 0 spiro atoms. The first-order valence-corrected chi connectivity index (χ1v) is 8.22. The van der Waals surface area contributed by atoms with Crippen LogP contribution in [-0.2, 0) is 10.2 Å². The van der Waals surface area contributed by atoms with Gasteiger partial charge in [-0.05, 0) is 55.4 Å². The van der Waals surface area contributed by atoms with E-state index in [1.807, 2.05) is 36.0 Å². The summed E-state index contributed by atoms with van der Waals surface area (Å²) in [6, 6.07) is 7.72. The number of hydrogen-bond donors (Lipinski definition) is 2. The summed E-state index contributed by atoms with van der Waals surface area (Å²) in [5, 5.41) is 3.08. The van der Waals surface area contributed by atoms with Crippen molar-refractivity contribution in [2.45, 2.75) is 31.1 Å². The molecule has 4 heteroatoms. The average molecular weight is 278 g/mol. The van der Waals surface area contributed by atoms with Crippen LogP contribution in [0.3, 0.4) is 0 Å². The van der Waals surface area contributed by atoms with E-state index in [1.54, 1.807) is 0 Å². The van der Waals surface area contributed by atoms with Crippen LogP contribution in [0.15, 0.2) is 24.3 Å². The summed E-state index contributed by atoms with van der Waals surface area (Å²) in [6.07, 6.45) is 6.24. The van der Waals surface area contributed by atoms with Gasteiger partial charge in [0.2, 0.25) is 5.91 Å². The van der Waals surface area contributed by atoms with Crippen LogP contribution in [0.2, 0.25) is 0 Å². The Hall–Kier alpha value is -1.16. The Labute approximate surface area is 119 Å². The van der Waals surface area contributed by atoms with Gasteiger partial charge in [-0.3, -0.25) is 4.79 Å². The Kier molecular flexibility index (Phi) is 4.75. The first kappa shape index (κ1) is 14.3. The second-order valence-electron chi connectivity index (χ2n) is 5.16. The molecular weight excluding hydrogens is 256 g/mol. The maximum absolute atomic E-state index is 12.3. The lowest BCUT2D eigenvalue weighted by Gasteiger charge is -2.16. The molecule has 0 saturated heterocycles. The third kappa shape index (κ3) is 3.44. The molecule has 0 unspecified atom stereocenters. The minimum absolute atomic E-state index is 0.182. The van der Waals surface area contributed by atoms with E-state index in [0.717, 1.165) is 43.5 Å². The lowest BCUT2D eigenvalue weighted by molar-refractivity contribution is -0.123. The van der Waals surface area contributed by atoms with Crippen molar-refractivity contribution in [2.24, 2.45) is 0 Å². The molecular formula is C15H22N2OS. The van der Waals surface area contributed by atoms with Crippen molar-refractivity contribution in [2.75, 3.05) is 24.3 Å². The number of benzene rings is 1. The first-order chi connectivity index (χ1) is 9.19. The van der Waals surface area contributed by atoms with Gasteiger partial charge in [-0.1, -0.05) is 12.1 Å². The standard InChI is InChI=1S/C15H22N2OS/c1-19-11-3-2-10-17-14(18)15(8-9-15)12-4-6-13(16)7-5-12/h4-7H,2-3,8-11,16H2,1H3,(H,17,18). The van der Waals surface area contributed by atoms with E-state index in [9.17, 15) is 4.79 Å². The molecule has 19 heavy (non-hydrogen) atoms. The van der Waals surface area contributed by atoms with Crippen LogP contribution in [0.5, 0.6) is 0 Å². The van der Waals surface area contributed by atoms with Crippen LogP contribution in [0.1, 0.15) is 31.2 Å². The molecule has 0 aromatic heterocycles. The maximum atomic E-state index is 12.3. The monoisotopic (exact) mass is 278 g/mol. The van der Waals surface area contributed by atoms with Crippen molar-refractivity contribution >= 4 is 23.4 Å². The second kappa shape index (κ2) is 6.33. The largest absolute Gasteiger partial charge is 0.399 e. The van der Waals surface area contributed by atoms with Crippen LogP contribution in [-0.4, -0.2) is 24.5 Å². The molecule has 2 rings (SSSR count). The van der Waals surface area contributed by atoms with Gasteiger partial charge in [0.25, 0.3) is 0 Å². The van der Waals surface area contributed by atoms with Crippen LogP contribution in [0.25, 0.3) is 0 Å². The van der Waals surface area contributed by atoms with Gasteiger partial charge in [0.15, 0.2) is 0 Å². The number of carbonyl (C=O) groups is 1. The quantitative estimate of drug-likeness (QED) is 0.595. The second-order valence-corrected chi connectivity index (χ2v) is 6.15. The number of nitrogen functional groups attached to an aromatic ring is 1. The Morgan fingerprint density at radius 1 is 1.32 bits per heavy atom. The molecule has 0 radical (unpaired) electrons. The predicted molar refractivity (Wildman–Crippen MR) is 82.4 cm³/mol. The van der Waals surface area contributed by atoms with Crippen molar-refractivity contribution in [1.29, 1.82) is 0 Å². The summed E-state index contributed by atoms with van der Waals surface area (Å²) < 4.78 is 0. The normalized spacial score (nSPS) is 16.1. The molecule has 104 valence electrons. The van der Waals surface area contributed by atoms with Crippen LogP contribution in [0.4, 0.5) is 5.69 Å². The fourth-order valence-electron chi connectivity index (χ4n) is 2.32. The third-order valence-electron chi connectivity index (χ3n) is 3.71. The van der Waals surface area contributed by atoms with E-state index in [2.05, 4.69) is 11.6 Å². The summed E-state index contributed by atoms with van der Waals surface area (Å²) in [5.41, 5.74) is 7.27. The fourth-order valence-corrected chi connectivity index (χ4v) is 2.81. The highest BCUT2D eigenvalue weighted by atomic mass is 32.2. The molecule has 0 atom stereocenters. The highest BCUT2D eigenvalue weighted by molar-refractivity contribution is 7.98. The summed E-state index contributed by atoms with van der Waals surface area (Å²) in [7, 11) is 0. The van der Waals surface area contributed by atoms with E-state index in [-0.39, 0.29) is 11.3 Å².